The Balaban J connectivity index is 2.17. The molecule has 112 valence electrons. The lowest BCUT2D eigenvalue weighted by molar-refractivity contribution is 0.0903. The fourth-order valence-electron chi connectivity index (χ4n) is 2.09. The zero-order valence-electron chi connectivity index (χ0n) is 12.8. The van der Waals surface area contributed by atoms with Crippen molar-refractivity contribution >= 4 is 5.91 Å². The fourth-order valence-corrected chi connectivity index (χ4v) is 2.09. The molecule has 0 aliphatic rings. The first kappa shape index (κ1) is 15.1. The van der Waals surface area contributed by atoms with Gasteiger partial charge < -0.3 is 14.5 Å². The Morgan fingerprint density at radius 2 is 2.19 bits per heavy atom. The lowest BCUT2D eigenvalue weighted by Gasteiger charge is -2.18. The van der Waals surface area contributed by atoms with Gasteiger partial charge in [0, 0.05) is 5.56 Å². The van der Waals surface area contributed by atoms with E-state index in [0.29, 0.717) is 12.4 Å². The molecule has 5 heteroatoms. The largest absolute Gasteiger partial charge is 0.494 e. The summed E-state index contributed by atoms with van der Waals surface area (Å²) < 4.78 is 10.8. The number of rotatable bonds is 5. The first-order valence-corrected chi connectivity index (χ1v) is 6.98. The summed E-state index contributed by atoms with van der Waals surface area (Å²) in [6, 6.07) is 5.72. The van der Waals surface area contributed by atoms with E-state index in [9.17, 15) is 4.79 Å². The second kappa shape index (κ2) is 6.43. The van der Waals surface area contributed by atoms with Crippen LogP contribution >= 0.6 is 0 Å². The first-order chi connectivity index (χ1) is 10.0. The maximum Gasteiger partial charge on any atom is 0.307 e. The molecule has 1 aromatic heterocycles. The molecule has 0 bridgehead atoms. The minimum absolute atomic E-state index is 0.0740. The molecule has 0 fully saturated rings. The van der Waals surface area contributed by atoms with Crippen LogP contribution in [0.3, 0.4) is 0 Å². The number of hydrogen-bond donors (Lipinski definition) is 1. The molecule has 1 unspecified atom stereocenters. The molecule has 2 aromatic rings. The van der Waals surface area contributed by atoms with E-state index in [1.165, 1.54) is 6.20 Å². The molecule has 0 aliphatic carbocycles. The highest BCUT2D eigenvalue weighted by molar-refractivity contribution is 5.89. The topological polar surface area (TPSA) is 64.4 Å². The molecule has 0 saturated carbocycles. The van der Waals surface area contributed by atoms with Gasteiger partial charge in [-0.2, -0.15) is 0 Å². The number of amides is 1. The van der Waals surface area contributed by atoms with Crippen molar-refractivity contribution < 1.29 is 13.9 Å². The second-order valence-electron chi connectivity index (χ2n) is 4.95. The molecule has 0 aliphatic heterocycles. The van der Waals surface area contributed by atoms with Gasteiger partial charge in [-0.25, -0.2) is 4.98 Å². The van der Waals surface area contributed by atoms with Gasteiger partial charge in [0.1, 0.15) is 11.5 Å². The summed E-state index contributed by atoms with van der Waals surface area (Å²) in [6.45, 7) is 8.18. The number of aromatic nitrogens is 1. The van der Waals surface area contributed by atoms with Crippen molar-refractivity contribution in [2.24, 2.45) is 0 Å². The van der Waals surface area contributed by atoms with Crippen LogP contribution in [0.4, 0.5) is 0 Å². The number of oxazole rings is 1. The van der Waals surface area contributed by atoms with E-state index in [0.717, 1.165) is 16.9 Å². The van der Waals surface area contributed by atoms with Crippen molar-refractivity contribution in [3.63, 3.8) is 0 Å². The van der Waals surface area contributed by atoms with E-state index >= 15 is 0 Å². The lowest BCUT2D eigenvalue weighted by Crippen LogP contribution is -2.27. The maximum atomic E-state index is 12.1. The normalized spacial score (nSPS) is 12.0. The van der Waals surface area contributed by atoms with Crippen LogP contribution in [0, 0.1) is 13.8 Å². The predicted octanol–water partition coefficient (Wildman–Crippen LogP) is 3.18. The second-order valence-corrected chi connectivity index (χ2v) is 4.95. The molecule has 0 radical (unpaired) electrons. The molecule has 1 N–H and O–H groups in total. The molecule has 0 spiro atoms. The monoisotopic (exact) mass is 288 g/mol. The van der Waals surface area contributed by atoms with Gasteiger partial charge >= 0.3 is 5.91 Å². The Bertz CT molecular complexity index is 634. The lowest BCUT2D eigenvalue weighted by atomic mass is 10.0. The summed E-state index contributed by atoms with van der Waals surface area (Å²) in [7, 11) is 0. The molecule has 1 aromatic carbocycles. The Kier molecular flexibility index (Phi) is 4.62. The standard InChI is InChI=1S/C16H20N2O3/c1-5-20-14-7-6-10(2)8-13(14)12(4)18-15(19)16-17-9-11(3)21-16/h6-9,12H,5H2,1-4H3,(H,18,19). The molecule has 1 amide bonds. The third-order valence-electron chi connectivity index (χ3n) is 3.09. The van der Waals surface area contributed by atoms with Crippen LogP contribution in [0.25, 0.3) is 0 Å². The van der Waals surface area contributed by atoms with Gasteiger partial charge in [-0.05, 0) is 33.8 Å². The molecular weight excluding hydrogens is 268 g/mol. The first-order valence-electron chi connectivity index (χ1n) is 6.98. The smallest absolute Gasteiger partial charge is 0.307 e. The summed E-state index contributed by atoms with van der Waals surface area (Å²) in [5.74, 6) is 1.13. The van der Waals surface area contributed by atoms with Crippen LogP contribution in [0.15, 0.2) is 28.8 Å². The molecule has 5 nitrogen and oxygen atoms in total. The van der Waals surface area contributed by atoms with Crippen LogP contribution in [0.5, 0.6) is 5.75 Å². The third kappa shape index (κ3) is 3.62. The fraction of sp³-hybridized carbons (Fsp3) is 0.375. The van der Waals surface area contributed by atoms with Crippen LogP contribution in [0.2, 0.25) is 0 Å². The maximum absolute atomic E-state index is 12.1. The molecule has 21 heavy (non-hydrogen) atoms. The predicted molar refractivity (Wildman–Crippen MR) is 79.5 cm³/mol. The Morgan fingerprint density at radius 3 is 2.81 bits per heavy atom. The van der Waals surface area contributed by atoms with Gasteiger partial charge in [-0.3, -0.25) is 4.79 Å². The number of ether oxygens (including phenoxy) is 1. The molecule has 2 rings (SSSR count). The van der Waals surface area contributed by atoms with Crippen molar-refractivity contribution in [1.29, 1.82) is 0 Å². The van der Waals surface area contributed by atoms with Gasteiger partial charge in [-0.1, -0.05) is 17.7 Å². The number of hydrogen-bond acceptors (Lipinski definition) is 4. The summed E-state index contributed by atoms with van der Waals surface area (Å²) in [4.78, 5) is 16.0. The van der Waals surface area contributed by atoms with E-state index in [4.69, 9.17) is 9.15 Å². The van der Waals surface area contributed by atoms with E-state index in [-0.39, 0.29) is 17.8 Å². The zero-order valence-corrected chi connectivity index (χ0v) is 12.8. The van der Waals surface area contributed by atoms with Crippen molar-refractivity contribution in [1.82, 2.24) is 10.3 Å². The van der Waals surface area contributed by atoms with Gasteiger partial charge in [0.25, 0.3) is 5.89 Å². The summed E-state index contributed by atoms with van der Waals surface area (Å²) >= 11 is 0. The highest BCUT2D eigenvalue weighted by Crippen LogP contribution is 2.26. The quantitative estimate of drug-likeness (QED) is 0.917. The summed E-state index contributed by atoms with van der Waals surface area (Å²) in [5.41, 5.74) is 2.05. The van der Waals surface area contributed by atoms with E-state index in [1.807, 2.05) is 39.0 Å². The van der Waals surface area contributed by atoms with Crippen molar-refractivity contribution in [3.8, 4) is 5.75 Å². The van der Waals surface area contributed by atoms with Crippen molar-refractivity contribution in [2.75, 3.05) is 6.61 Å². The van der Waals surface area contributed by atoms with Crippen LogP contribution in [0.1, 0.15) is 47.5 Å². The van der Waals surface area contributed by atoms with E-state index in [1.54, 1.807) is 6.92 Å². The van der Waals surface area contributed by atoms with Gasteiger partial charge in [0.2, 0.25) is 0 Å². The Hall–Kier alpha value is -2.30. The number of carbonyl (C=O) groups excluding carboxylic acids is 1. The number of nitrogens with zero attached hydrogens (tertiary/aromatic N) is 1. The molecular formula is C16H20N2O3. The third-order valence-corrected chi connectivity index (χ3v) is 3.09. The van der Waals surface area contributed by atoms with Crippen LogP contribution in [-0.2, 0) is 0 Å². The van der Waals surface area contributed by atoms with Gasteiger partial charge in [-0.15, -0.1) is 0 Å². The SMILES string of the molecule is CCOc1ccc(C)cc1C(C)NC(=O)c1ncc(C)o1. The Morgan fingerprint density at radius 1 is 1.43 bits per heavy atom. The average molecular weight is 288 g/mol. The molecule has 1 heterocycles. The minimum Gasteiger partial charge on any atom is -0.494 e. The van der Waals surface area contributed by atoms with E-state index < -0.39 is 0 Å². The van der Waals surface area contributed by atoms with Gasteiger partial charge in [0.15, 0.2) is 0 Å². The van der Waals surface area contributed by atoms with Crippen LogP contribution < -0.4 is 10.1 Å². The van der Waals surface area contributed by atoms with Gasteiger partial charge in [0.05, 0.1) is 18.8 Å². The highest BCUT2D eigenvalue weighted by Gasteiger charge is 2.18. The van der Waals surface area contributed by atoms with Crippen LogP contribution in [-0.4, -0.2) is 17.5 Å². The van der Waals surface area contributed by atoms with E-state index in [2.05, 4.69) is 10.3 Å². The average Bonchev–Trinajstić information content (AvgIpc) is 2.87. The number of benzene rings is 1. The van der Waals surface area contributed by atoms with Crippen molar-refractivity contribution in [3.05, 3.63) is 47.2 Å². The number of aryl methyl sites for hydroxylation is 2. The highest BCUT2D eigenvalue weighted by atomic mass is 16.5. The summed E-state index contributed by atoms with van der Waals surface area (Å²) in [6.07, 6.45) is 1.53. The number of nitrogens with one attached hydrogen (secondary N) is 1. The molecule has 0 saturated heterocycles. The summed E-state index contributed by atoms with van der Waals surface area (Å²) in [5, 5.41) is 2.88. The molecule has 1 atom stereocenters. The Labute approximate surface area is 124 Å². The zero-order chi connectivity index (χ0) is 15.4. The number of carbonyl (C=O) groups is 1. The minimum atomic E-state index is -0.334. The van der Waals surface area contributed by atoms with Crippen molar-refractivity contribution in [2.45, 2.75) is 33.7 Å².